The van der Waals surface area contributed by atoms with E-state index in [1.807, 2.05) is 6.07 Å². The number of β-amino-alcohol motifs (C(OH)–C–C–N with tert-alkyl or cyclic N) is 1. The number of nitrogens with zero attached hydrogens (tertiary/aromatic N) is 3. The number of aryl methyl sites for hydroxylation is 1. The van der Waals surface area contributed by atoms with E-state index in [2.05, 4.69) is 46.0 Å². The van der Waals surface area contributed by atoms with Gasteiger partial charge in [-0.3, -0.25) is 9.88 Å². The van der Waals surface area contributed by atoms with Gasteiger partial charge in [0.05, 0.1) is 18.2 Å². The number of aliphatic hydroxyl groups excluding tert-OH is 2. The molecule has 2 saturated heterocycles. The second kappa shape index (κ2) is 7.14. The molecule has 1 aromatic heterocycles. The minimum absolute atomic E-state index is 0.152. The van der Waals surface area contributed by atoms with Crippen molar-refractivity contribution in [2.24, 2.45) is 0 Å². The first-order valence-electron chi connectivity index (χ1n) is 9.77. The summed E-state index contributed by atoms with van der Waals surface area (Å²) in [6, 6.07) is 10.6. The van der Waals surface area contributed by atoms with Gasteiger partial charge < -0.3 is 15.1 Å². The summed E-state index contributed by atoms with van der Waals surface area (Å²) in [5.74, 6) is 0. The fraction of sp³-hybridized carbons (Fsp3) is 0.571. The van der Waals surface area contributed by atoms with Gasteiger partial charge in [0.2, 0.25) is 0 Å². The van der Waals surface area contributed by atoms with Crippen molar-refractivity contribution in [3.05, 3.63) is 36.0 Å². The van der Waals surface area contributed by atoms with Crippen molar-refractivity contribution in [1.82, 2.24) is 9.88 Å². The molecular formula is C21H29N3O2. The minimum atomic E-state index is -0.630. The van der Waals surface area contributed by atoms with Crippen LogP contribution in [0.4, 0.5) is 5.69 Å². The van der Waals surface area contributed by atoms with Crippen molar-refractivity contribution in [2.75, 3.05) is 37.7 Å². The van der Waals surface area contributed by atoms with Gasteiger partial charge in [-0.25, -0.2) is 0 Å². The van der Waals surface area contributed by atoms with Crippen LogP contribution in [0, 0.1) is 6.92 Å². The standard InChI is InChI=1S/C21H29N3O2/c1-16-13-20(18-5-2-3-6-19(18)22-16)23-11-8-21(9-12-23)7-4-10-24(21)14-17(26)15-25/h2-3,5-6,13,17,25-26H,4,7-12,14-15H2,1H3. The van der Waals surface area contributed by atoms with Crippen molar-refractivity contribution < 1.29 is 10.2 Å². The predicted molar refractivity (Wildman–Crippen MR) is 105 cm³/mol. The number of hydrogen-bond acceptors (Lipinski definition) is 5. The van der Waals surface area contributed by atoms with E-state index in [9.17, 15) is 10.2 Å². The number of piperidine rings is 1. The van der Waals surface area contributed by atoms with E-state index < -0.39 is 6.10 Å². The maximum atomic E-state index is 9.90. The third kappa shape index (κ3) is 3.20. The molecule has 0 bridgehead atoms. The highest BCUT2D eigenvalue weighted by atomic mass is 16.3. The molecule has 4 rings (SSSR count). The van der Waals surface area contributed by atoms with Crippen LogP contribution in [0.1, 0.15) is 31.4 Å². The van der Waals surface area contributed by atoms with Crippen LogP contribution in [0.5, 0.6) is 0 Å². The first-order valence-corrected chi connectivity index (χ1v) is 9.77. The van der Waals surface area contributed by atoms with E-state index in [-0.39, 0.29) is 12.1 Å². The Bertz CT molecular complexity index is 771. The van der Waals surface area contributed by atoms with Gasteiger partial charge in [0, 0.05) is 41.9 Å². The molecule has 0 radical (unpaired) electrons. The SMILES string of the molecule is Cc1cc(N2CCC3(CCCN3CC(O)CO)CC2)c2ccccc2n1. The maximum Gasteiger partial charge on any atom is 0.0897 e. The molecule has 1 spiro atoms. The molecule has 3 heterocycles. The summed E-state index contributed by atoms with van der Waals surface area (Å²) >= 11 is 0. The zero-order chi connectivity index (χ0) is 18.1. The van der Waals surface area contributed by atoms with E-state index in [0.29, 0.717) is 6.54 Å². The van der Waals surface area contributed by atoms with Crippen LogP contribution in [0.3, 0.4) is 0 Å². The lowest BCUT2D eigenvalue weighted by atomic mass is 9.84. The molecule has 1 aromatic carbocycles. The van der Waals surface area contributed by atoms with Crippen LogP contribution in [-0.2, 0) is 0 Å². The van der Waals surface area contributed by atoms with Gasteiger partial charge in [0.15, 0.2) is 0 Å². The normalized spacial score (nSPS) is 21.6. The Morgan fingerprint density at radius 2 is 1.92 bits per heavy atom. The zero-order valence-electron chi connectivity index (χ0n) is 15.6. The molecule has 2 aliphatic rings. The van der Waals surface area contributed by atoms with E-state index in [1.54, 1.807) is 0 Å². The van der Waals surface area contributed by atoms with Crippen LogP contribution >= 0.6 is 0 Å². The molecule has 1 unspecified atom stereocenters. The smallest absolute Gasteiger partial charge is 0.0897 e. The molecule has 2 aromatic rings. The molecule has 2 fully saturated rings. The first kappa shape index (κ1) is 17.7. The van der Waals surface area contributed by atoms with Gasteiger partial charge in [-0.15, -0.1) is 0 Å². The molecule has 0 aliphatic carbocycles. The van der Waals surface area contributed by atoms with E-state index in [0.717, 1.165) is 43.7 Å². The summed E-state index contributed by atoms with van der Waals surface area (Å²) in [6.45, 7) is 5.60. The number of pyridine rings is 1. The molecular weight excluding hydrogens is 326 g/mol. The monoisotopic (exact) mass is 355 g/mol. The number of rotatable bonds is 4. The number of fused-ring (bicyclic) bond motifs is 1. The lowest BCUT2D eigenvalue weighted by Crippen LogP contribution is -2.54. The third-order valence-electron chi connectivity index (χ3n) is 6.24. The van der Waals surface area contributed by atoms with Gasteiger partial charge in [-0.2, -0.15) is 0 Å². The van der Waals surface area contributed by atoms with Crippen molar-refractivity contribution >= 4 is 16.6 Å². The average Bonchev–Trinajstić information content (AvgIpc) is 3.03. The number of benzene rings is 1. The maximum absolute atomic E-state index is 9.90. The average molecular weight is 355 g/mol. The second-order valence-corrected chi connectivity index (χ2v) is 7.90. The molecule has 26 heavy (non-hydrogen) atoms. The molecule has 5 nitrogen and oxygen atoms in total. The van der Waals surface area contributed by atoms with Crippen LogP contribution in [-0.4, -0.2) is 64.5 Å². The third-order valence-corrected chi connectivity index (χ3v) is 6.24. The van der Waals surface area contributed by atoms with E-state index in [4.69, 9.17) is 0 Å². The molecule has 1 atom stereocenters. The number of likely N-dealkylation sites (tertiary alicyclic amines) is 1. The van der Waals surface area contributed by atoms with Gasteiger partial charge in [0.1, 0.15) is 0 Å². The Hall–Kier alpha value is -1.69. The first-order chi connectivity index (χ1) is 12.6. The summed E-state index contributed by atoms with van der Waals surface area (Å²) in [6.07, 6.45) is 3.99. The number of aliphatic hydroxyl groups is 2. The lowest BCUT2D eigenvalue weighted by Gasteiger charge is -2.46. The fourth-order valence-corrected chi connectivity index (χ4v) is 4.87. The summed E-state index contributed by atoms with van der Waals surface area (Å²) in [7, 11) is 0. The molecule has 0 saturated carbocycles. The second-order valence-electron chi connectivity index (χ2n) is 7.90. The Labute approximate surface area is 155 Å². The van der Waals surface area contributed by atoms with Crippen molar-refractivity contribution in [1.29, 1.82) is 0 Å². The molecule has 2 aliphatic heterocycles. The largest absolute Gasteiger partial charge is 0.394 e. The fourth-order valence-electron chi connectivity index (χ4n) is 4.87. The Balaban J connectivity index is 1.54. The molecule has 140 valence electrons. The van der Waals surface area contributed by atoms with Crippen LogP contribution in [0.15, 0.2) is 30.3 Å². The van der Waals surface area contributed by atoms with Gasteiger partial charge in [-0.1, -0.05) is 18.2 Å². The van der Waals surface area contributed by atoms with Crippen LogP contribution < -0.4 is 4.90 Å². The Morgan fingerprint density at radius 3 is 2.69 bits per heavy atom. The molecule has 2 N–H and O–H groups in total. The van der Waals surface area contributed by atoms with Crippen molar-refractivity contribution in [2.45, 2.75) is 44.2 Å². The zero-order valence-corrected chi connectivity index (χ0v) is 15.6. The number of anilines is 1. The number of para-hydroxylation sites is 1. The van der Waals surface area contributed by atoms with Crippen molar-refractivity contribution in [3.8, 4) is 0 Å². The van der Waals surface area contributed by atoms with Gasteiger partial charge in [0.25, 0.3) is 0 Å². The topological polar surface area (TPSA) is 59.8 Å². The number of aromatic nitrogens is 1. The van der Waals surface area contributed by atoms with Crippen molar-refractivity contribution in [3.63, 3.8) is 0 Å². The predicted octanol–water partition coefficient (Wildman–Crippen LogP) is 2.33. The minimum Gasteiger partial charge on any atom is -0.394 e. The summed E-state index contributed by atoms with van der Waals surface area (Å²) in [4.78, 5) is 9.60. The summed E-state index contributed by atoms with van der Waals surface area (Å²) in [5.41, 5.74) is 3.62. The van der Waals surface area contributed by atoms with Crippen LogP contribution in [0.2, 0.25) is 0 Å². The number of hydrogen-bond donors (Lipinski definition) is 2. The Morgan fingerprint density at radius 1 is 1.15 bits per heavy atom. The highest BCUT2D eigenvalue weighted by Gasteiger charge is 2.43. The highest BCUT2D eigenvalue weighted by Crippen LogP contribution is 2.40. The highest BCUT2D eigenvalue weighted by molar-refractivity contribution is 5.92. The lowest BCUT2D eigenvalue weighted by molar-refractivity contribution is 0.0209. The van der Waals surface area contributed by atoms with E-state index >= 15 is 0 Å². The van der Waals surface area contributed by atoms with E-state index in [1.165, 1.54) is 23.9 Å². The van der Waals surface area contributed by atoms with Crippen LogP contribution in [0.25, 0.3) is 10.9 Å². The van der Waals surface area contributed by atoms with Gasteiger partial charge >= 0.3 is 0 Å². The Kier molecular flexibility index (Phi) is 4.86. The molecule has 0 amide bonds. The summed E-state index contributed by atoms with van der Waals surface area (Å²) < 4.78 is 0. The van der Waals surface area contributed by atoms with Gasteiger partial charge in [-0.05, 0) is 51.3 Å². The summed E-state index contributed by atoms with van der Waals surface area (Å²) in [5, 5.41) is 20.3. The quantitative estimate of drug-likeness (QED) is 0.881. The molecule has 5 heteroatoms.